The SMILES string of the molecule is Cc1ccc(S(=O)(=O)Nc2cnn(Cc3ccc(Cl)c(Cl)c3)c2)cc1. The van der Waals surface area contributed by atoms with Crippen LogP contribution in [0.25, 0.3) is 0 Å². The Morgan fingerprint density at radius 3 is 2.48 bits per heavy atom. The fraction of sp³-hybridized carbons (Fsp3) is 0.118. The van der Waals surface area contributed by atoms with Gasteiger partial charge in [-0.15, -0.1) is 0 Å². The van der Waals surface area contributed by atoms with Crippen LogP contribution < -0.4 is 4.72 Å². The van der Waals surface area contributed by atoms with Crippen molar-refractivity contribution in [3.63, 3.8) is 0 Å². The van der Waals surface area contributed by atoms with Crippen LogP contribution in [0.1, 0.15) is 11.1 Å². The fourth-order valence-corrected chi connectivity index (χ4v) is 3.61. The van der Waals surface area contributed by atoms with E-state index in [0.717, 1.165) is 11.1 Å². The second-order valence-electron chi connectivity index (χ2n) is 5.59. The van der Waals surface area contributed by atoms with Gasteiger partial charge in [0.25, 0.3) is 10.0 Å². The van der Waals surface area contributed by atoms with Crippen molar-refractivity contribution in [2.75, 3.05) is 4.72 Å². The molecule has 0 saturated heterocycles. The van der Waals surface area contributed by atoms with E-state index in [-0.39, 0.29) is 4.90 Å². The minimum Gasteiger partial charge on any atom is -0.276 e. The number of anilines is 1. The second kappa shape index (κ2) is 7.07. The van der Waals surface area contributed by atoms with Gasteiger partial charge in [-0.1, -0.05) is 47.0 Å². The van der Waals surface area contributed by atoms with E-state index in [4.69, 9.17) is 23.2 Å². The van der Waals surface area contributed by atoms with Crippen LogP contribution in [-0.4, -0.2) is 18.2 Å². The Labute approximate surface area is 156 Å². The van der Waals surface area contributed by atoms with Gasteiger partial charge in [-0.3, -0.25) is 9.40 Å². The number of halogens is 2. The maximum Gasteiger partial charge on any atom is 0.261 e. The molecule has 0 bridgehead atoms. The number of nitrogens with zero attached hydrogens (tertiary/aromatic N) is 2. The first-order valence-electron chi connectivity index (χ1n) is 7.39. The van der Waals surface area contributed by atoms with E-state index in [1.165, 1.54) is 6.20 Å². The molecule has 0 saturated carbocycles. The molecular weight excluding hydrogens is 381 g/mol. The second-order valence-corrected chi connectivity index (χ2v) is 8.09. The predicted molar refractivity (Wildman–Crippen MR) is 99.8 cm³/mol. The molecule has 0 aliphatic heterocycles. The molecular formula is C17H15Cl2N3O2S. The molecule has 8 heteroatoms. The van der Waals surface area contributed by atoms with E-state index in [9.17, 15) is 8.42 Å². The summed E-state index contributed by atoms with van der Waals surface area (Å²) in [7, 11) is -3.64. The first kappa shape index (κ1) is 17.8. The lowest BCUT2D eigenvalue weighted by atomic mass is 10.2. The van der Waals surface area contributed by atoms with Gasteiger partial charge < -0.3 is 0 Å². The Morgan fingerprint density at radius 1 is 1.08 bits per heavy atom. The lowest BCUT2D eigenvalue weighted by Gasteiger charge is -2.06. The van der Waals surface area contributed by atoms with Crippen LogP contribution in [0.5, 0.6) is 0 Å². The molecule has 0 atom stereocenters. The predicted octanol–water partition coefficient (Wildman–Crippen LogP) is 4.35. The summed E-state index contributed by atoms with van der Waals surface area (Å²) in [4.78, 5) is 0.204. The van der Waals surface area contributed by atoms with Crippen LogP contribution in [0.4, 0.5) is 5.69 Å². The Morgan fingerprint density at radius 2 is 1.80 bits per heavy atom. The monoisotopic (exact) mass is 395 g/mol. The Bertz CT molecular complexity index is 999. The van der Waals surface area contributed by atoms with Crippen molar-refractivity contribution >= 4 is 38.9 Å². The highest BCUT2D eigenvalue weighted by molar-refractivity contribution is 7.92. The van der Waals surface area contributed by atoms with Crippen molar-refractivity contribution in [2.45, 2.75) is 18.4 Å². The van der Waals surface area contributed by atoms with E-state index in [2.05, 4.69) is 9.82 Å². The van der Waals surface area contributed by atoms with Gasteiger partial charge in [-0.25, -0.2) is 8.42 Å². The molecule has 25 heavy (non-hydrogen) atoms. The molecule has 0 amide bonds. The van der Waals surface area contributed by atoms with Crippen LogP contribution in [0.3, 0.4) is 0 Å². The molecule has 1 aromatic heterocycles. The summed E-state index contributed by atoms with van der Waals surface area (Å²) in [6.45, 7) is 2.35. The molecule has 1 heterocycles. The topological polar surface area (TPSA) is 64.0 Å². The summed E-state index contributed by atoms with van der Waals surface area (Å²) in [6.07, 6.45) is 3.08. The molecule has 1 N–H and O–H groups in total. The fourth-order valence-electron chi connectivity index (χ4n) is 2.26. The molecule has 0 aliphatic rings. The number of hydrogen-bond donors (Lipinski definition) is 1. The normalized spacial score (nSPS) is 11.5. The van der Waals surface area contributed by atoms with Crippen LogP contribution in [0.2, 0.25) is 10.0 Å². The number of aryl methyl sites for hydroxylation is 1. The third-order valence-electron chi connectivity index (χ3n) is 3.55. The molecule has 130 valence electrons. The Balaban J connectivity index is 1.74. The molecule has 0 fully saturated rings. The molecule has 3 aromatic rings. The molecule has 0 radical (unpaired) electrons. The number of hydrogen-bond acceptors (Lipinski definition) is 3. The number of nitrogens with one attached hydrogen (secondary N) is 1. The summed E-state index contributed by atoms with van der Waals surface area (Å²) < 4.78 is 28.9. The standard InChI is InChI=1S/C17H15Cl2N3O2S/c1-12-2-5-15(6-3-12)25(23,24)21-14-9-20-22(11-14)10-13-4-7-16(18)17(19)8-13/h2-9,11,21H,10H2,1H3. The largest absolute Gasteiger partial charge is 0.276 e. The van der Waals surface area contributed by atoms with Crippen molar-refractivity contribution < 1.29 is 8.42 Å². The molecule has 5 nitrogen and oxygen atoms in total. The zero-order chi connectivity index (χ0) is 18.0. The van der Waals surface area contributed by atoms with E-state index in [1.54, 1.807) is 47.3 Å². The third-order valence-corrected chi connectivity index (χ3v) is 5.68. The van der Waals surface area contributed by atoms with E-state index >= 15 is 0 Å². The quantitative estimate of drug-likeness (QED) is 0.698. The van der Waals surface area contributed by atoms with Gasteiger partial charge in [0, 0.05) is 6.20 Å². The van der Waals surface area contributed by atoms with Crippen molar-refractivity contribution in [2.24, 2.45) is 0 Å². The Hall–Kier alpha value is -2.02. The smallest absolute Gasteiger partial charge is 0.261 e. The molecule has 0 spiro atoms. The van der Waals surface area contributed by atoms with Crippen LogP contribution in [0, 0.1) is 6.92 Å². The maximum atomic E-state index is 12.4. The van der Waals surface area contributed by atoms with Crippen molar-refractivity contribution in [3.8, 4) is 0 Å². The molecule has 0 aliphatic carbocycles. The van der Waals surface area contributed by atoms with Crippen molar-refractivity contribution in [1.82, 2.24) is 9.78 Å². The molecule has 2 aromatic carbocycles. The number of sulfonamides is 1. The van der Waals surface area contributed by atoms with Crippen LogP contribution in [0.15, 0.2) is 59.8 Å². The minimum atomic E-state index is -3.64. The molecule has 3 rings (SSSR count). The zero-order valence-electron chi connectivity index (χ0n) is 13.3. The summed E-state index contributed by atoms with van der Waals surface area (Å²) in [6, 6.07) is 11.9. The van der Waals surface area contributed by atoms with Gasteiger partial charge in [-0.2, -0.15) is 5.10 Å². The highest BCUT2D eigenvalue weighted by Gasteiger charge is 2.15. The van der Waals surface area contributed by atoms with Gasteiger partial charge >= 0.3 is 0 Å². The summed E-state index contributed by atoms with van der Waals surface area (Å²) in [5.74, 6) is 0. The third kappa shape index (κ3) is 4.34. The average molecular weight is 396 g/mol. The summed E-state index contributed by atoms with van der Waals surface area (Å²) >= 11 is 11.9. The van der Waals surface area contributed by atoms with Gasteiger partial charge in [0.15, 0.2) is 0 Å². The van der Waals surface area contributed by atoms with Gasteiger partial charge in [0.05, 0.1) is 33.4 Å². The van der Waals surface area contributed by atoms with Crippen molar-refractivity contribution in [1.29, 1.82) is 0 Å². The van der Waals surface area contributed by atoms with E-state index in [0.29, 0.717) is 22.3 Å². The lowest BCUT2D eigenvalue weighted by molar-refractivity contribution is 0.601. The minimum absolute atomic E-state index is 0.204. The zero-order valence-corrected chi connectivity index (χ0v) is 15.6. The highest BCUT2D eigenvalue weighted by Crippen LogP contribution is 2.23. The maximum absolute atomic E-state index is 12.4. The highest BCUT2D eigenvalue weighted by atomic mass is 35.5. The van der Waals surface area contributed by atoms with E-state index in [1.807, 2.05) is 13.0 Å². The summed E-state index contributed by atoms with van der Waals surface area (Å²) in [5, 5.41) is 5.12. The first-order valence-corrected chi connectivity index (χ1v) is 9.63. The lowest BCUT2D eigenvalue weighted by Crippen LogP contribution is -2.12. The Kier molecular flexibility index (Phi) is 5.03. The number of aromatic nitrogens is 2. The van der Waals surface area contributed by atoms with E-state index < -0.39 is 10.0 Å². The summed E-state index contributed by atoms with van der Waals surface area (Å²) in [5.41, 5.74) is 2.29. The number of benzene rings is 2. The average Bonchev–Trinajstić information content (AvgIpc) is 2.97. The number of rotatable bonds is 5. The first-order chi connectivity index (χ1) is 11.8. The molecule has 0 unspecified atom stereocenters. The van der Waals surface area contributed by atoms with Gasteiger partial charge in [0.2, 0.25) is 0 Å². The van der Waals surface area contributed by atoms with Gasteiger partial charge in [-0.05, 0) is 36.8 Å². The van der Waals surface area contributed by atoms with Crippen molar-refractivity contribution in [3.05, 3.63) is 76.0 Å². The van der Waals surface area contributed by atoms with Crippen LogP contribution in [-0.2, 0) is 16.6 Å². The van der Waals surface area contributed by atoms with Crippen LogP contribution >= 0.6 is 23.2 Å². The van der Waals surface area contributed by atoms with Gasteiger partial charge in [0.1, 0.15) is 0 Å².